The summed E-state index contributed by atoms with van der Waals surface area (Å²) in [5.74, 6) is 1.39. The number of hydrogen-bond acceptors (Lipinski definition) is 4. The van der Waals surface area contributed by atoms with Crippen LogP contribution in [0.1, 0.15) is 52.5 Å². The van der Waals surface area contributed by atoms with Crippen LogP contribution in [0.15, 0.2) is 28.7 Å². The molecule has 25 heavy (non-hydrogen) atoms. The second-order valence-electron chi connectivity index (χ2n) is 6.77. The molecule has 5 nitrogen and oxygen atoms in total. The summed E-state index contributed by atoms with van der Waals surface area (Å²) in [4.78, 5) is 18.9. The maximum absolute atomic E-state index is 12.2. The van der Waals surface area contributed by atoms with Crippen LogP contribution < -0.4 is 5.32 Å². The summed E-state index contributed by atoms with van der Waals surface area (Å²) in [5, 5.41) is 2.96. The van der Waals surface area contributed by atoms with Gasteiger partial charge in [-0.1, -0.05) is 31.2 Å². The van der Waals surface area contributed by atoms with Crippen LogP contribution in [0.3, 0.4) is 0 Å². The van der Waals surface area contributed by atoms with Crippen molar-refractivity contribution in [3.63, 3.8) is 0 Å². The van der Waals surface area contributed by atoms with E-state index in [4.69, 9.17) is 4.42 Å². The zero-order valence-corrected chi connectivity index (χ0v) is 15.3. The number of hydrogen-bond donors (Lipinski definition) is 1. The van der Waals surface area contributed by atoms with Crippen molar-refractivity contribution in [3.05, 3.63) is 52.7 Å². The summed E-state index contributed by atoms with van der Waals surface area (Å²) in [7, 11) is 0. The van der Waals surface area contributed by atoms with E-state index in [0.717, 1.165) is 19.6 Å². The van der Waals surface area contributed by atoms with Gasteiger partial charge in [0.05, 0.1) is 5.69 Å². The van der Waals surface area contributed by atoms with Gasteiger partial charge in [0.1, 0.15) is 0 Å². The van der Waals surface area contributed by atoms with Crippen molar-refractivity contribution in [3.8, 4) is 0 Å². The number of nitrogens with zero attached hydrogens (tertiary/aromatic N) is 2. The lowest BCUT2D eigenvalue weighted by atomic mass is 9.94. The average Bonchev–Trinajstić information content (AvgIpc) is 3.22. The number of rotatable bonds is 6. The molecule has 1 atom stereocenters. The molecule has 1 aliphatic heterocycles. The number of benzene rings is 1. The lowest BCUT2D eigenvalue weighted by Crippen LogP contribution is -2.34. The van der Waals surface area contributed by atoms with Crippen LogP contribution in [0, 0.1) is 13.8 Å². The van der Waals surface area contributed by atoms with Gasteiger partial charge in [-0.3, -0.25) is 4.79 Å². The number of carbonyl (C=O) groups excluding carboxylic acids is 1. The van der Waals surface area contributed by atoms with Crippen LogP contribution in [0.25, 0.3) is 0 Å². The molecular formula is C20H27N3O2. The molecule has 0 unspecified atom stereocenters. The van der Waals surface area contributed by atoms with E-state index >= 15 is 0 Å². The lowest BCUT2D eigenvalue weighted by Gasteiger charge is -2.17. The van der Waals surface area contributed by atoms with Crippen molar-refractivity contribution in [2.24, 2.45) is 0 Å². The van der Waals surface area contributed by atoms with Crippen molar-refractivity contribution >= 4 is 5.91 Å². The van der Waals surface area contributed by atoms with Crippen LogP contribution in [-0.2, 0) is 6.42 Å². The fraction of sp³-hybridized carbons (Fsp3) is 0.500. The number of aromatic nitrogens is 1. The van der Waals surface area contributed by atoms with Crippen LogP contribution in [0.4, 0.5) is 0 Å². The highest BCUT2D eigenvalue weighted by Gasteiger charge is 2.24. The van der Waals surface area contributed by atoms with Gasteiger partial charge in [-0.15, -0.1) is 0 Å². The number of amides is 1. The second-order valence-corrected chi connectivity index (χ2v) is 6.77. The third-order valence-electron chi connectivity index (χ3n) is 4.96. The molecule has 1 amide bonds. The summed E-state index contributed by atoms with van der Waals surface area (Å²) >= 11 is 0. The zero-order valence-electron chi connectivity index (χ0n) is 15.3. The van der Waals surface area contributed by atoms with Gasteiger partial charge in [0, 0.05) is 26.1 Å². The van der Waals surface area contributed by atoms with Gasteiger partial charge in [-0.2, -0.15) is 0 Å². The van der Waals surface area contributed by atoms with Crippen molar-refractivity contribution in [2.75, 3.05) is 26.2 Å². The van der Waals surface area contributed by atoms with E-state index in [-0.39, 0.29) is 5.91 Å². The molecule has 1 fully saturated rings. The summed E-state index contributed by atoms with van der Waals surface area (Å²) in [6, 6.07) is 8.64. The fourth-order valence-electron chi connectivity index (χ4n) is 3.56. The monoisotopic (exact) mass is 341 g/mol. The van der Waals surface area contributed by atoms with Crippen molar-refractivity contribution in [1.29, 1.82) is 0 Å². The Hall–Kier alpha value is -2.14. The van der Waals surface area contributed by atoms with Gasteiger partial charge in [-0.25, -0.2) is 4.98 Å². The molecule has 1 aromatic heterocycles. The summed E-state index contributed by atoms with van der Waals surface area (Å²) in [5.41, 5.74) is 3.49. The molecule has 1 saturated heterocycles. The topological polar surface area (TPSA) is 58.4 Å². The first kappa shape index (κ1) is 17.7. The maximum Gasteiger partial charge on any atom is 0.289 e. The Morgan fingerprint density at radius 1 is 1.36 bits per heavy atom. The average molecular weight is 341 g/mol. The highest BCUT2D eigenvalue weighted by molar-refractivity contribution is 5.92. The van der Waals surface area contributed by atoms with E-state index in [2.05, 4.69) is 46.4 Å². The zero-order chi connectivity index (χ0) is 17.8. The Labute approximate surface area is 149 Å². The van der Waals surface area contributed by atoms with Gasteiger partial charge in [0.15, 0.2) is 5.89 Å². The molecule has 1 aliphatic rings. The van der Waals surface area contributed by atoms with E-state index in [1.54, 1.807) is 0 Å². The molecule has 134 valence electrons. The van der Waals surface area contributed by atoms with E-state index < -0.39 is 0 Å². The Balaban J connectivity index is 1.47. The number of oxazole rings is 1. The Bertz CT molecular complexity index is 738. The molecule has 0 radical (unpaired) electrons. The van der Waals surface area contributed by atoms with Gasteiger partial charge >= 0.3 is 0 Å². The molecule has 0 saturated carbocycles. The Morgan fingerprint density at radius 2 is 2.16 bits per heavy atom. The van der Waals surface area contributed by atoms with Gasteiger partial charge in [-0.05, 0) is 43.9 Å². The summed E-state index contributed by atoms with van der Waals surface area (Å²) in [6.07, 6.45) is 1.88. The van der Waals surface area contributed by atoms with Gasteiger partial charge in [0.2, 0.25) is 5.76 Å². The van der Waals surface area contributed by atoms with E-state index in [1.165, 1.54) is 17.5 Å². The number of aryl methyl sites for hydroxylation is 3. The van der Waals surface area contributed by atoms with Crippen molar-refractivity contribution < 1.29 is 9.21 Å². The SMILES string of the molecule is CCc1nc(C)c(C(=O)NCCN2CC[C@H](c3ccccc3C)C2)o1. The third kappa shape index (κ3) is 4.10. The largest absolute Gasteiger partial charge is 0.435 e. The van der Waals surface area contributed by atoms with E-state index in [9.17, 15) is 4.79 Å². The minimum absolute atomic E-state index is 0.167. The highest BCUT2D eigenvalue weighted by atomic mass is 16.4. The van der Waals surface area contributed by atoms with Crippen LogP contribution in [-0.4, -0.2) is 42.0 Å². The second kappa shape index (κ2) is 7.83. The number of nitrogens with one attached hydrogen (secondary N) is 1. The fourth-order valence-corrected chi connectivity index (χ4v) is 3.56. The normalized spacial score (nSPS) is 17.8. The number of carbonyl (C=O) groups is 1. The first-order valence-electron chi connectivity index (χ1n) is 9.11. The van der Waals surface area contributed by atoms with Crippen LogP contribution in [0.5, 0.6) is 0 Å². The Morgan fingerprint density at radius 3 is 2.88 bits per heavy atom. The molecule has 2 heterocycles. The van der Waals surface area contributed by atoms with Crippen molar-refractivity contribution in [2.45, 2.75) is 39.5 Å². The smallest absolute Gasteiger partial charge is 0.289 e. The molecule has 3 rings (SSSR count). The molecule has 0 bridgehead atoms. The molecule has 1 aromatic carbocycles. The van der Waals surface area contributed by atoms with E-state index in [1.807, 2.05) is 13.8 Å². The van der Waals surface area contributed by atoms with E-state index in [0.29, 0.717) is 36.2 Å². The first-order chi connectivity index (χ1) is 12.1. The molecular weight excluding hydrogens is 314 g/mol. The summed E-state index contributed by atoms with van der Waals surface area (Å²) < 4.78 is 5.50. The first-order valence-corrected chi connectivity index (χ1v) is 9.11. The molecule has 0 aliphatic carbocycles. The molecule has 1 N–H and O–H groups in total. The lowest BCUT2D eigenvalue weighted by molar-refractivity contribution is 0.0919. The standard InChI is InChI=1S/C20H27N3O2/c1-4-18-22-15(3)19(25-18)20(24)21-10-12-23-11-9-16(13-23)17-8-6-5-7-14(17)2/h5-8,16H,4,9-13H2,1-3H3,(H,21,24)/t16-/m0/s1. The van der Waals surface area contributed by atoms with Crippen molar-refractivity contribution in [1.82, 2.24) is 15.2 Å². The third-order valence-corrected chi connectivity index (χ3v) is 4.96. The maximum atomic E-state index is 12.2. The van der Waals surface area contributed by atoms with Gasteiger partial charge in [0.25, 0.3) is 5.91 Å². The minimum atomic E-state index is -0.167. The molecule has 0 spiro atoms. The number of likely N-dealkylation sites (tertiary alicyclic amines) is 1. The minimum Gasteiger partial charge on any atom is -0.435 e. The predicted molar refractivity (Wildman–Crippen MR) is 97.9 cm³/mol. The highest BCUT2D eigenvalue weighted by Crippen LogP contribution is 2.28. The quantitative estimate of drug-likeness (QED) is 0.877. The van der Waals surface area contributed by atoms with Crippen LogP contribution >= 0.6 is 0 Å². The molecule has 2 aromatic rings. The predicted octanol–water partition coefficient (Wildman–Crippen LogP) is 3.07. The van der Waals surface area contributed by atoms with Crippen LogP contribution in [0.2, 0.25) is 0 Å². The Kier molecular flexibility index (Phi) is 5.53. The van der Waals surface area contributed by atoms with Gasteiger partial charge < -0.3 is 14.6 Å². The summed E-state index contributed by atoms with van der Waals surface area (Å²) in [6.45, 7) is 9.58. The molecule has 5 heteroatoms.